The molecule has 9 heteroatoms. The Bertz CT molecular complexity index is 455. The van der Waals surface area contributed by atoms with Gasteiger partial charge in [-0.3, -0.25) is 5.43 Å². The van der Waals surface area contributed by atoms with Gasteiger partial charge in [-0.25, -0.2) is 20.2 Å². The van der Waals surface area contributed by atoms with E-state index in [0.29, 0.717) is 0 Å². The average Bonchev–Trinajstić information content (AvgIpc) is 2.23. The zero-order chi connectivity index (χ0) is 14.7. The molecule has 1 aromatic heterocycles. The van der Waals surface area contributed by atoms with Crippen molar-refractivity contribution in [1.29, 1.82) is 0 Å². The third-order valence-corrected chi connectivity index (χ3v) is 1.72. The lowest BCUT2D eigenvalue weighted by Gasteiger charge is -2.20. The van der Waals surface area contributed by atoms with Crippen LogP contribution in [-0.2, 0) is 6.18 Å². The molecule has 19 heavy (non-hydrogen) atoms. The monoisotopic (exact) mass is 277 g/mol. The maximum atomic E-state index is 12.4. The molecule has 106 valence electrons. The van der Waals surface area contributed by atoms with E-state index in [1.807, 2.05) is 0 Å². The Hall–Kier alpha value is -2.06. The number of nitrogens with zero attached hydrogens (tertiary/aromatic N) is 2. The molecule has 6 nitrogen and oxygen atoms in total. The summed E-state index contributed by atoms with van der Waals surface area (Å²) in [6, 6.07) is 0.133. The van der Waals surface area contributed by atoms with Crippen LogP contribution in [-0.4, -0.2) is 21.5 Å². The molecule has 0 unspecified atom stereocenters. The van der Waals surface area contributed by atoms with E-state index in [4.69, 9.17) is 0 Å². The fraction of sp³-hybridized carbons (Fsp3) is 0.500. The van der Waals surface area contributed by atoms with E-state index in [0.717, 1.165) is 12.3 Å². The van der Waals surface area contributed by atoms with Crippen molar-refractivity contribution in [3.05, 3.63) is 18.0 Å². The number of carbonyl (C=O) groups is 1. The van der Waals surface area contributed by atoms with Crippen LogP contribution in [0.2, 0.25) is 0 Å². The highest BCUT2D eigenvalue weighted by Gasteiger charge is 2.32. The van der Waals surface area contributed by atoms with E-state index in [1.165, 1.54) is 0 Å². The lowest BCUT2D eigenvalue weighted by atomic mass is 10.1. The van der Waals surface area contributed by atoms with Crippen molar-refractivity contribution >= 4 is 12.0 Å². The van der Waals surface area contributed by atoms with Crippen molar-refractivity contribution < 1.29 is 18.0 Å². The molecule has 0 bridgehead atoms. The van der Waals surface area contributed by atoms with Gasteiger partial charge in [0.1, 0.15) is 5.69 Å². The van der Waals surface area contributed by atoms with Crippen LogP contribution in [0.5, 0.6) is 0 Å². The number of hydrazine groups is 1. The number of urea groups is 1. The lowest BCUT2D eigenvalue weighted by Crippen LogP contribution is -2.48. The number of nitrogens with one attached hydrogen (secondary N) is 3. The van der Waals surface area contributed by atoms with E-state index < -0.39 is 23.4 Å². The number of alkyl halides is 3. The van der Waals surface area contributed by atoms with Gasteiger partial charge in [-0.1, -0.05) is 0 Å². The van der Waals surface area contributed by atoms with Crippen LogP contribution in [0.1, 0.15) is 26.5 Å². The molecule has 1 rings (SSSR count). The number of hydrogen-bond donors (Lipinski definition) is 3. The molecule has 1 aromatic rings. The molecular weight excluding hydrogens is 263 g/mol. The van der Waals surface area contributed by atoms with E-state index in [1.54, 1.807) is 20.8 Å². The Labute approximate surface area is 107 Å². The summed E-state index contributed by atoms with van der Waals surface area (Å²) in [7, 11) is 0. The third kappa shape index (κ3) is 5.40. The van der Waals surface area contributed by atoms with Gasteiger partial charge >= 0.3 is 12.2 Å². The molecule has 0 saturated carbocycles. The first-order valence-corrected chi connectivity index (χ1v) is 5.32. The second-order valence-electron chi connectivity index (χ2n) is 4.72. The number of anilines is 1. The minimum Gasteiger partial charge on any atom is -0.332 e. The Morgan fingerprint density at radius 2 is 1.89 bits per heavy atom. The van der Waals surface area contributed by atoms with Crippen LogP contribution in [0.3, 0.4) is 0 Å². The van der Waals surface area contributed by atoms with E-state index >= 15 is 0 Å². The molecule has 0 aliphatic carbocycles. The minimum absolute atomic E-state index is 0.348. The van der Waals surface area contributed by atoms with Crippen LogP contribution in [0.25, 0.3) is 0 Å². The number of aromatic nitrogens is 2. The summed E-state index contributed by atoms with van der Waals surface area (Å²) in [6.45, 7) is 5.27. The van der Waals surface area contributed by atoms with Crippen LogP contribution in [0.4, 0.5) is 23.9 Å². The van der Waals surface area contributed by atoms with Gasteiger partial charge in [0.25, 0.3) is 0 Å². The highest BCUT2D eigenvalue weighted by molar-refractivity contribution is 5.75. The molecular formula is C10H14F3N5O. The second kappa shape index (κ2) is 5.29. The largest absolute Gasteiger partial charge is 0.433 e. The summed E-state index contributed by atoms with van der Waals surface area (Å²) in [4.78, 5) is 18.1. The van der Waals surface area contributed by atoms with Crippen LogP contribution >= 0.6 is 0 Å². The van der Waals surface area contributed by atoms with Gasteiger partial charge in [0.2, 0.25) is 5.95 Å². The summed E-state index contributed by atoms with van der Waals surface area (Å²) < 4.78 is 37.1. The van der Waals surface area contributed by atoms with Crippen LogP contribution in [0, 0.1) is 0 Å². The second-order valence-corrected chi connectivity index (χ2v) is 4.72. The van der Waals surface area contributed by atoms with Crippen LogP contribution in [0.15, 0.2) is 12.3 Å². The van der Waals surface area contributed by atoms with E-state index in [-0.39, 0.29) is 5.95 Å². The predicted octanol–water partition coefficient (Wildman–Crippen LogP) is 1.92. The molecule has 0 atom stereocenters. The molecule has 0 fully saturated rings. The molecule has 0 aliphatic heterocycles. The van der Waals surface area contributed by atoms with Gasteiger partial charge in [-0.15, -0.1) is 0 Å². The van der Waals surface area contributed by atoms with Gasteiger partial charge in [-0.05, 0) is 26.8 Å². The van der Waals surface area contributed by atoms with Gasteiger partial charge < -0.3 is 5.32 Å². The summed E-state index contributed by atoms with van der Waals surface area (Å²) in [5, 5.41) is 2.54. The SMILES string of the molecule is CC(C)(C)NC(=O)NNc1nccc(C(F)(F)F)n1. The van der Waals surface area contributed by atoms with Gasteiger partial charge in [-0.2, -0.15) is 13.2 Å². The normalized spacial score (nSPS) is 11.9. The quantitative estimate of drug-likeness (QED) is 0.722. The fourth-order valence-electron chi connectivity index (χ4n) is 1.06. The summed E-state index contributed by atoms with van der Waals surface area (Å²) in [6.07, 6.45) is -3.62. The average molecular weight is 277 g/mol. The zero-order valence-electron chi connectivity index (χ0n) is 10.6. The van der Waals surface area contributed by atoms with E-state index in [2.05, 4.69) is 26.1 Å². The maximum Gasteiger partial charge on any atom is 0.433 e. The molecule has 0 saturated heterocycles. The van der Waals surface area contributed by atoms with Crippen molar-refractivity contribution in [3.63, 3.8) is 0 Å². The molecule has 0 aromatic carbocycles. The minimum atomic E-state index is -4.56. The van der Waals surface area contributed by atoms with Crippen molar-refractivity contribution in [2.24, 2.45) is 0 Å². The van der Waals surface area contributed by atoms with Crippen molar-refractivity contribution in [1.82, 2.24) is 20.7 Å². The smallest absolute Gasteiger partial charge is 0.332 e. The first kappa shape index (κ1) is 15.0. The standard InChI is InChI=1S/C10H14F3N5O/c1-9(2,3)16-8(19)18-17-7-14-5-4-6(15-7)10(11,12)13/h4-5H,1-3H3,(H,14,15,17)(H2,16,18,19). The van der Waals surface area contributed by atoms with Crippen molar-refractivity contribution in [2.75, 3.05) is 5.43 Å². The number of carbonyl (C=O) groups excluding carboxylic acids is 1. The van der Waals surface area contributed by atoms with Crippen molar-refractivity contribution in [3.8, 4) is 0 Å². The first-order valence-electron chi connectivity index (χ1n) is 5.32. The highest BCUT2D eigenvalue weighted by Crippen LogP contribution is 2.27. The molecule has 3 N–H and O–H groups in total. The van der Waals surface area contributed by atoms with Gasteiger partial charge in [0, 0.05) is 11.7 Å². The molecule has 0 aliphatic rings. The highest BCUT2D eigenvalue weighted by atomic mass is 19.4. The number of halogens is 3. The van der Waals surface area contributed by atoms with E-state index in [9.17, 15) is 18.0 Å². The molecule has 0 spiro atoms. The fourth-order valence-corrected chi connectivity index (χ4v) is 1.06. The molecule has 2 amide bonds. The maximum absolute atomic E-state index is 12.4. The predicted molar refractivity (Wildman–Crippen MR) is 62.1 cm³/mol. The Morgan fingerprint density at radius 1 is 1.26 bits per heavy atom. The molecule has 0 radical (unpaired) electrons. The Balaban J connectivity index is 2.62. The number of amides is 2. The topological polar surface area (TPSA) is 78.9 Å². The Morgan fingerprint density at radius 3 is 2.42 bits per heavy atom. The lowest BCUT2D eigenvalue weighted by molar-refractivity contribution is -0.141. The van der Waals surface area contributed by atoms with Crippen molar-refractivity contribution in [2.45, 2.75) is 32.5 Å². The molecule has 1 heterocycles. The summed E-state index contributed by atoms with van der Waals surface area (Å²) in [5.74, 6) is -0.348. The summed E-state index contributed by atoms with van der Waals surface area (Å²) >= 11 is 0. The first-order chi connectivity index (χ1) is 8.58. The van der Waals surface area contributed by atoms with Crippen LogP contribution < -0.4 is 16.2 Å². The number of rotatable bonds is 2. The zero-order valence-corrected chi connectivity index (χ0v) is 10.6. The number of hydrogen-bond acceptors (Lipinski definition) is 4. The summed E-state index contributed by atoms with van der Waals surface area (Å²) in [5.41, 5.74) is 2.77. The Kier molecular flexibility index (Phi) is 4.17. The third-order valence-electron chi connectivity index (χ3n) is 1.72. The van der Waals surface area contributed by atoms with Gasteiger partial charge in [0.05, 0.1) is 0 Å². The van der Waals surface area contributed by atoms with Gasteiger partial charge in [0.15, 0.2) is 0 Å².